The Morgan fingerprint density at radius 2 is 2.20 bits per heavy atom. The Morgan fingerprint density at radius 3 is 2.88 bits per heavy atom. The van der Waals surface area contributed by atoms with Crippen molar-refractivity contribution in [1.82, 2.24) is 10.2 Å². The van der Waals surface area contributed by atoms with Crippen molar-refractivity contribution in [2.75, 3.05) is 26.9 Å². The topological polar surface area (TPSA) is 74.9 Å². The molecule has 1 aromatic heterocycles. The zero-order valence-electron chi connectivity index (χ0n) is 14.6. The summed E-state index contributed by atoms with van der Waals surface area (Å²) in [6.45, 7) is 2.62. The number of hydrogen-bond donors (Lipinski definition) is 2. The molecule has 1 aliphatic rings. The average Bonchev–Trinajstić information content (AvgIpc) is 3.06. The number of fused-ring (bicyclic) bond motifs is 1. The fourth-order valence-electron chi connectivity index (χ4n) is 3.33. The number of aliphatic hydroxyl groups excluding tert-OH is 1. The molecule has 6 nitrogen and oxygen atoms in total. The van der Waals surface area contributed by atoms with Crippen LogP contribution in [0.2, 0.25) is 0 Å². The minimum absolute atomic E-state index is 0.112. The van der Waals surface area contributed by atoms with Crippen LogP contribution in [0.25, 0.3) is 0 Å². The first kappa shape index (κ1) is 17.5. The van der Waals surface area contributed by atoms with Crippen LogP contribution in [0.15, 0.2) is 40.8 Å². The normalized spacial score (nSPS) is 17.9. The first-order chi connectivity index (χ1) is 12.1. The third kappa shape index (κ3) is 3.70. The Bertz CT molecular complexity index is 728. The molecule has 3 rings (SSSR count). The molecule has 1 aliphatic heterocycles. The van der Waals surface area contributed by atoms with Crippen molar-refractivity contribution in [3.63, 3.8) is 0 Å². The predicted octanol–water partition coefficient (Wildman–Crippen LogP) is 2.58. The number of nitrogens with one attached hydrogen (secondary N) is 1. The molecule has 2 heterocycles. The van der Waals surface area contributed by atoms with Crippen LogP contribution in [0.1, 0.15) is 34.7 Å². The molecule has 134 valence electrons. The van der Waals surface area contributed by atoms with Crippen molar-refractivity contribution >= 4 is 6.03 Å². The summed E-state index contributed by atoms with van der Waals surface area (Å²) in [5.74, 6) is 1.44. The van der Waals surface area contributed by atoms with E-state index in [4.69, 9.17) is 9.15 Å². The van der Waals surface area contributed by atoms with E-state index in [1.165, 1.54) is 5.56 Å². The van der Waals surface area contributed by atoms with Crippen LogP contribution in [-0.4, -0.2) is 42.9 Å². The maximum atomic E-state index is 12.8. The lowest BCUT2D eigenvalue weighted by molar-refractivity contribution is 0.114. The molecule has 2 aromatic rings. The first-order valence-electron chi connectivity index (χ1n) is 8.45. The van der Waals surface area contributed by atoms with E-state index in [0.29, 0.717) is 18.9 Å². The van der Waals surface area contributed by atoms with Gasteiger partial charge in [-0.05, 0) is 36.6 Å². The fraction of sp³-hybridized carbons (Fsp3) is 0.421. The van der Waals surface area contributed by atoms with Crippen LogP contribution in [0.4, 0.5) is 4.79 Å². The van der Waals surface area contributed by atoms with Crippen molar-refractivity contribution < 1.29 is 19.1 Å². The van der Waals surface area contributed by atoms with E-state index in [-0.39, 0.29) is 24.7 Å². The van der Waals surface area contributed by atoms with Gasteiger partial charge in [0.2, 0.25) is 0 Å². The van der Waals surface area contributed by atoms with Gasteiger partial charge >= 0.3 is 6.03 Å². The monoisotopic (exact) mass is 344 g/mol. The second-order valence-electron chi connectivity index (χ2n) is 6.25. The Morgan fingerprint density at radius 1 is 1.40 bits per heavy atom. The maximum Gasteiger partial charge on any atom is 0.318 e. The standard InChI is InChI=1S/C19H24N2O4/c1-13-7-8-18(25-13)16(12-24-2)20-19(23)21-10-9-14-5-3-4-6-15(14)17(21)11-22/h3-8,16-17,22H,9-12H2,1-2H3,(H,20,23). The number of amides is 2. The molecule has 0 fully saturated rings. The van der Waals surface area contributed by atoms with Gasteiger partial charge in [0.1, 0.15) is 17.6 Å². The molecular weight excluding hydrogens is 320 g/mol. The minimum atomic E-state index is -0.372. The van der Waals surface area contributed by atoms with E-state index in [9.17, 15) is 9.90 Å². The molecule has 6 heteroatoms. The molecule has 0 aliphatic carbocycles. The number of methoxy groups -OCH3 is 1. The van der Waals surface area contributed by atoms with Crippen LogP contribution in [0, 0.1) is 6.92 Å². The molecule has 0 bridgehead atoms. The molecule has 2 atom stereocenters. The van der Waals surface area contributed by atoms with Gasteiger partial charge in [-0.15, -0.1) is 0 Å². The number of rotatable bonds is 5. The van der Waals surface area contributed by atoms with E-state index in [0.717, 1.165) is 17.7 Å². The van der Waals surface area contributed by atoms with Gasteiger partial charge in [0.25, 0.3) is 0 Å². The summed E-state index contributed by atoms with van der Waals surface area (Å²) in [6.07, 6.45) is 0.773. The number of hydrogen-bond acceptors (Lipinski definition) is 4. The van der Waals surface area contributed by atoms with Crippen molar-refractivity contribution in [2.45, 2.75) is 25.4 Å². The SMILES string of the molecule is COCC(NC(=O)N1CCc2ccccc2C1CO)c1ccc(C)o1. The summed E-state index contributed by atoms with van der Waals surface area (Å²) in [5, 5.41) is 12.8. The Hall–Kier alpha value is -2.31. The molecule has 0 saturated heterocycles. The number of urea groups is 1. The lowest BCUT2D eigenvalue weighted by atomic mass is 9.93. The van der Waals surface area contributed by atoms with E-state index in [2.05, 4.69) is 5.32 Å². The lowest BCUT2D eigenvalue weighted by Crippen LogP contribution is -2.48. The lowest BCUT2D eigenvalue weighted by Gasteiger charge is -2.37. The van der Waals surface area contributed by atoms with E-state index < -0.39 is 0 Å². The molecule has 0 saturated carbocycles. The van der Waals surface area contributed by atoms with Gasteiger partial charge in [0.15, 0.2) is 0 Å². The molecule has 0 spiro atoms. The maximum absolute atomic E-state index is 12.8. The number of carbonyl (C=O) groups excluding carboxylic acids is 1. The molecule has 0 radical (unpaired) electrons. The smallest absolute Gasteiger partial charge is 0.318 e. The second kappa shape index (κ2) is 7.72. The highest BCUT2D eigenvalue weighted by Gasteiger charge is 2.31. The van der Waals surface area contributed by atoms with Gasteiger partial charge in [-0.3, -0.25) is 0 Å². The Kier molecular flexibility index (Phi) is 5.40. The van der Waals surface area contributed by atoms with Gasteiger partial charge in [-0.25, -0.2) is 4.79 Å². The van der Waals surface area contributed by atoms with Gasteiger partial charge in [-0.1, -0.05) is 24.3 Å². The van der Waals surface area contributed by atoms with Crippen LogP contribution < -0.4 is 5.32 Å². The summed E-state index contributed by atoms with van der Waals surface area (Å²) in [6, 6.07) is 10.7. The van der Waals surface area contributed by atoms with Crippen LogP contribution in [-0.2, 0) is 11.2 Å². The van der Waals surface area contributed by atoms with Crippen molar-refractivity contribution in [1.29, 1.82) is 0 Å². The molecular formula is C19H24N2O4. The highest BCUT2D eigenvalue weighted by atomic mass is 16.5. The van der Waals surface area contributed by atoms with Gasteiger partial charge in [-0.2, -0.15) is 0 Å². The van der Waals surface area contributed by atoms with Crippen LogP contribution in [0.5, 0.6) is 0 Å². The first-order valence-corrected chi connectivity index (χ1v) is 8.45. The summed E-state index contributed by atoms with van der Waals surface area (Å²) < 4.78 is 10.9. The largest absolute Gasteiger partial charge is 0.464 e. The van der Waals surface area contributed by atoms with Crippen molar-refractivity contribution in [3.8, 4) is 0 Å². The molecule has 2 unspecified atom stereocenters. The minimum Gasteiger partial charge on any atom is -0.464 e. The Balaban J connectivity index is 1.77. The summed E-state index contributed by atoms with van der Waals surface area (Å²) >= 11 is 0. The summed E-state index contributed by atoms with van der Waals surface area (Å²) in [5.41, 5.74) is 2.18. The highest BCUT2D eigenvalue weighted by Crippen LogP contribution is 2.29. The summed E-state index contributed by atoms with van der Waals surface area (Å²) in [7, 11) is 1.59. The second-order valence-corrected chi connectivity index (χ2v) is 6.25. The number of nitrogens with zero attached hydrogens (tertiary/aromatic N) is 1. The quantitative estimate of drug-likeness (QED) is 0.874. The molecule has 1 aromatic carbocycles. The Labute approximate surface area is 147 Å². The number of ether oxygens (including phenoxy) is 1. The number of furan rings is 1. The zero-order chi connectivity index (χ0) is 17.8. The van der Waals surface area contributed by atoms with Crippen molar-refractivity contribution in [3.05, 3.63) is 59.0 Å². The fourth-order valence-corrected chi connectivity index (χ4v) is 3.33. The number of aliphatic hydroxyl groups is 1. The molecule has 2 amide bonds. The molecule has 25 heavy (non-hydrogen) atoms. The zero-order valence-corrected chi connectivity index (χ0v) is 14.6. The van der Waals surface area contributed by atoms with Crippen LogP contribution in [0.3, 0.4) is 0 Å². The highest BCUT2D eigenvalue weighted by molar-refractivity contribution is 5.75. The average molecular weight is 344 g/mol. The third-order valence-corrected chi connectivity index (χ3v) is 4.58. The predicted molar refractivity (Wildman–Crippen MR) is 93.3 cm³/mol. The van der Waals surface area contributed by atoms with Crippen molar-refractivity contribution in [2.24, 2.45) is 0 Å². The van der Waals surface area contributed by atoms with Gasteiger partial charge in [0.05, 0.1) is 19.3 Å². The number of aryl methyl sites for hydroxylation is 1. The summed E-state index contributed by atoms with van der Waals surface area (Å²) in [4.78, 5) is 14.5. The van der Waals surface area contributed by atoms with E-state index in [1.807, 2.05) is 43.3 Å². The number of carbonyl (C=O) groups is 1. The van der Waals surface area contributed by atoms with Crippen LogP contribution >= 0.6 is 0 Å². The number of benzene rings is 1. The van der Waals surface area contributed by atoms with Gasteiger partial charge < -0.3 is 24.5 Å². The van der Waals surface area contributed by atoms with E-state index in [1.54, 1.807) is 12.0 Å². The third-order valence-electron chi connectivity index (χ3n) is 4.58. The van der Waals surface area contributed by atoms with Gasteiger partial charge in [0, 0.05) is 13.7 Å². The molecule has 2 N–H and O–H groups in total. The van der Waals surface area contributed by atoms with E-state index >= 15 is 0 Å².